The van der Waals surface area contributed by atoms with Crippen molar-refractivity contribution < 1.29 is 9.59 Å². The van der Waals surface area contributed by atoms with E-state index in [-0.39, 0.29) is 11.8 Å². The third-order valence-electron chi connectivity index (χ3n) is 5.08. The molecule has 28 heavy (non-hydrogen) atoms. The van der Waals surface area contributed by atoms with Crippen molar-refractivity contribution in [2.45, 2.75) is 19.4 Å². The number of hydrogen-bond acceptors (Lipinski definition) is 3. The van der Waals surface area contributed by atoms with E-state index in [4.69, 9.17) is 11.6 Å². The summed E-state index contributed by atoms with van der Waals surface area (Å²) >= 11 is 6.06. The van der Waals surface area contributed by atoms with E-state index >= 15 is 0 Å². The molecule has 1 fully saturated rings. The Morgan fingerprint density at radius 2 is 1.64 bits per heavy atom. The number of carbonyl (C=O) groups is 2. The van der Waals surface area contributed by atoms with Gasteiger partial charge in [0.25, 0.3) is 5.91 Å². The standard InChI is InChI=1S/C22H26ClN3O2/c1-17(24-21(27)19-9-5-6-10-20(19)23)22(28)26-15-13-25(14-16-26)12-11-18-7-3-2-4-8-18/h2-10,17H,11-16H2,1H3,(H,24,27)/t17-/m0/s1. The van der Waals surface area contributed by atoms with Gasteiger partial charge in [0, 0.05) is 32.7 Å². The number of amides is 2. The Morgan fingerprint density at radius 3 is 2.32 bits per heavy atom. The van der Waals surface area contributed by atoms with Crippen molar-refractivity contribution >= 4 is 23.4 Å². The Bertz CT molecular complexity index is 804. The number of hydrogen-bond donors (Lipinski definition) is 1. The van der Waals surface area contributed by atoms with E-state index in [0.29, 0.717) is 23.7 Å². The highest BCUT2D eigenvalue weighted by Gasteiger charge is 2.26. The minimum absolute atomic E-state index is 0.0527. The second-order valence-electron chi connectivity index (χ2n) is 7.08. The molecule has 2 aromatic rings. The molecular weight excluding hydrogens is 374 g/mol. The van der Waals surface area contributed by atoms with E-state index < -0.39 is 6.04 Å². The van der Waals surface area contributed by atoms with Gasteiger partial charge >= 0.3 is 0 Å². The van der Waals surface area contributed by atoms with Crippen molar-refractivity contribution in [3.63, 3.8) is 0 Å². The summed E-state index contributed by atoms with van der Waals surface area (Å²) in [7, 11) is 0. The normalized spacial score (nSPS) is 15.9. The highest BCUT2D eigenvalue weighted by Crippen LogP contribution is 2.15. The molecule has 0 aliphatic carbocycles. The molecule has 1 aliphatic rings. The predicted molar refractivity (Wildman–Crippen MR) is 112 cm³/mol. The Morgan fingerprint density at radius 1 is 1.00 bits per heavy atom. The van der Waals surface area contributed by atoms with Gasteiger partial charge in [-0.3, -0.25) is 14.5 Å². The molecule has 0 radical (unpaired) electrons. The van der Waals surface area contributed by atoms with Crippen molar-refractivity contribution in [1.29, 1.82) is 0 Å². The second kappa shape index (κ2) is 9.71. The summed E-state index contributed by atoms with van der Waals surface area (Å²) in [6, 6.07) is 16.7. The molecule has 1 N–H and O–H groups in total. The van der Waals surface area contributed by atoms with Gasteiger partial charge in [0.1, 0.15) is 6.04 Å². The lowest BCUT2D eigenvalue weighted by Crippen LogP contribution is -2.54. The fourth-order valence-electron chi connectivity index (χ4n) is 3.38. The van der Waals surface area contributed by atoms with E-state index in [1.807, 2.05) is 11.0 Å². The van der Waals surface area contributed by atoms with Crippen molar-refractivity contribution in [3.8, 4) is 0 Å². The van der Waals surface area contributed by atoms with E-state index in [1.165, 1.54) is 5.56 Å². The van der Waals surface area contributed by atoms with Gasteiger partial charge in [-0.1, -0.05) is 54.1 Å². The summed E-state index contributed by atoms with van der Waals surface area (Å²) in [5.74, 6) is -0.379. The molecule has 2 amide bonds. The smallest absolute Gasteiger partial charge is 0.253 e. The van der Waals surface area contributed by atoms with Crippen LogP contribution in [0.15, 0.2) is 54.6 Å². The molecule has 1 heterocycles. The zero-order valence-electron chi connectivity index (χ0n) is 16.1. The first-order valence-corrected chi connectivity index (χ1v) is 10.0. The van der Waals surface area contributed by atoms with Crippen LogP contribution in [0.1, 0.15) is 22.8 Å². The summed E-state index contributed by atoms with van der Waals surface area (Å²) in [5, 5.41) is 3.14. The van der Waals surface area contributed by atoms with Crippen molar-refractivity contribution in [2.75, 3.05) is 32.7 Å². The number of carbonyl (C=O) groups excluding carboxylic acids is 2. The van der Waals surface area contributed by atoms with Gasteiger partial charge in [-0.2, -0.15) is 0 Å². The van der Waals surface area contributed by atoms with E-state index in [1.54, 1.807) is 31.2 Å². The van der Waals surface area contributed by atoms with Crippen LogP contribution in [-0.4, -0.2) is 60.4 Å². The van der Waals surface area contributed by atoms with Gasteiger partial charge < -0.3 is 10.2 Å². The van der Waals surface area contributed by atoms with E-state index in [9.17, 15) is 9.59 Å². The van der Waals surface area contributed by atoms with Crippen LogP contribution in [-0.2, 0) is 11.2 Å². The molecule has 0 aromatic heterocycles. The van der Waals surface area contributed by atoms with Gasteiger partial charge in [-0.15, -0.1) is 0 Å². The SMILES string of the molecule is C[C@H](NC(=O)c1ccccc1Cl)C(=O)N1CCN(CCc2ccccc2)CC1. The zero-order chi connectivity index (χ0) is 19.9. The molecule has 0 bridgehead atoms. The Labute approximate surface area is 171 Å². The number of benzene rings is 2. The van der Waals surface area contributed by atoms with Gasteiger partial charge in [0.2, 0.25) is 5.91 Å². The lowest BCUT2D eigenvalue weighted by molar-refractivity contribution is -0.134. The first kappa shape index (κ1) is 20.4. The molecule has 1 aliphatic heterocycles. The number of nitrogens with zero attached hydrogens (tertiary/aromatic N) is 2. The number of rotatable bonds is 6. The molecule has 0 spiro atoms. The molecule has 1 saturated heterocycles. The summed E-state index contributed by atoms with van der Waals surface area (Å²) in [4.78, 5) is 29.3. The summed E-state index contributed by atoms with van der Waals surface area (Å²) in [5.41, 5.74) is 1.71. The number of halogens is 1. The Balaban J connectivity index is 1.45. The van der Waals surface area contributed by atoms with Crippen molar-refractivity contribution in [1.82, 2.24) is 15.1 Å². The van der Waals surface area contributed by atoms with Crippen LogP contribution in [0.3, 0.4) is 0 Å². The maximum Gasteiger partial charge on any atom is 0.253 e. The summed E-state index contributed by atoms with van der Waals surface area (Å²) in [6.07, 6.45) is 1.01. The van der Waals surface area contributed by atoms with Crippen LogP contribution in [0, 0.1) is 0 Å². The quantitative estimate of drug-likeness (QED) is 0.812. The Hall–Kier alpha value is -2.37. The van der Waals surface area contributed by atoms with Gasteiger partial charge in [-0.25, -0.2) is 0 Å². The number of piperazine rings is 1. The largest absolute Gasteiger partial charge is 0.340 e. The summed E-state index contributed by atoms with van der Waals surface area (Å²) in [6.45, 7) is 5.77. The van der Waals surface area contributed by atoms with Gasteiger partial charge in [-0.05, 0) is 31.0 Å². The van der Waals surface area contributed by atoms with Crippen LogP contribution >= 0.6 is 11.6 Å². The van der Waals surface area contributed by atoms with Crippen LogP contribution in [0.2, 0.25) is 5.02 Å². The molecular formula is C22H26ClN3O2. The maximum atomic E-state index is 12.7. The molecule has 5 nitrogen and oxygen atoms in total. The third-order valence-corrected chi connectivity index (χ3v) is 5.41. The first-order valence-electron chi connectivity index (χ1n) is 9.65. The van der Waals surface area contributed by atoms with Crippen LogP contribution in [0.25, 0.3) is 0 Å². The van der Waals surface area contributed by atoms with E-state index in [0.717, 1.165) is 26.1 Å². The minimum atomic E-state index is -0.584. The lowest BCUT2D eigenvalue weighted by atomic mass is 10.1. The van der Waals surface area contributed by atoms with E-state index in [2.05, 4.69) is 34.5 Å². The summed E-state index contributed by atoms with van der Waals surface area (Å²) < 4.78 is 0. The van der Waals surface area contributed by atoms with Crippen LogP contribution in [0.5, 0.6) is 0 Å². The number of nitrogens with one attached hydrogen (secondary N) is 1. The van der Waals surface area contributed by atoms with Crippen molar-refractivity contribution in [3.05, 3.63) is 70.7 Å². The molecule has 2 aromatic carbocycles. The average Bonchev–Trinajstić information content (AvgIpc) is 2.73. The highest BCUT2D eigenvalue weighted by molar-refractivity contribution is 6.33. The predicted octanol–water partition coefficient (Wildman–Crippen LogP) is 2.85. The molecule has 3 rings (SSSR count). The highest BCUT2D eigenvalue weighted by atomic mass is 35.5. The monoisotopic (exact) mass is 399 g/mol. The first-order chi connectivity index (χ1) is 13.5. The fraction of sp³-hybridized carbons (Fsp3) is 0.364. The van der Waals surface area contributed by atoms with Crippen LogP contribution < -0.4 is 5.32 Å². The van der Waals surface area contributed by atoms with Gasteiger partial charge in [0.05, 0.1) is 10.6 Å². The van der Waals surface area contributed by atoms with Crippen LogP contribution in [0.4, 0.5) is 0 Å². The molecule has 148 valence electrons. The minimum Gasteiger partial charge on any atom is -0.340 e. The Kier molecular flexibility index (Phi) is 7.06. The molecule has 0 saturated carbocycles. The lowest BCUT2D eigenvalue weighted by Gasteiger charge is -2.36. The molecule has 0 unspecified atom stereocenters. The second-order valence-corrected chi connectivity index (χ2v) is 7.48. The fourth-order valence-corrected chi connectivity index (χ4v) is 3.60. The zero-order valence-corrected chi connectivity index (χ0v) is 16.9. The van der Waals surface area contributed by atoms with Crippen molar-refractivity contribution in [2.24, 2.45) is 0 Å². The molecule has 1 atom stereocenters. The third kappa shape index (κ3) is 5.33. The topological polar surface area (TPSA) is 52.7 Å². The molecule has 6 heteroatoms. The van der Waals surface area contributed by atoms with Gasteiger partial charge in [0.15, 0.2) is 0 Å². The average molecular weight is 400 g/mol. The maximum absolute atomic E-state index is 12.7.